The summed E-state index contributed by atoms with van der Waals surface area (Å²) in [6.07, 6.45) is 1.40. The van der Waals surface area contributed by atoms with Gasteiger partial charge in [-0.25, -0.2) is 0 Å². The number of rotatable bonds is 6. The molecule has 1 aliphatic heterocycles. The minimum atomic E-state index is -0.603. The van der Waals surface area contributed by atoms with Gasteiger partial charge in [0.15, 0.2) is 0 Å². The van der Waals surface area contributed by atoms with Crippen molar-refractivity contribution in [3.05, 3.63) is 34.7 Å². The Hall–Kier alpha value is -2.28. The van der Waals surface area contributed by atoms with Crippen LogP contribution in [0.25, 0.3) is 6.08 Å². The number of thioether (sulfide) groups is 1. The molecule has 1 heterocycles. The number of ether oxygens (including phenoxy) is 2. The van der Waals surface area contributed by atoms with Gasteiger partial charge >= 0.3 is 5.97 Å². The molecular weight excluding hydrogens is 342 g/mol. The molecule has 0 N–H and O–H groups in total. The van der Waals surface area contributed by atoms with E-state index in [1.807, 2.05) is 13.8 Å². The van der Waals surface area contributed by atoms with Crippen LogP contribution in [0, 0.1) is 0 Å². The van der Waals surface area contributed by atoms with Crippen LogP contribution in [-0.2, 0) is 14.3 Å². The molecule has 0 spiro atoms. The monoisotopic (exact) mass is 363 g/mol. The summed E-state index contributed by atoms with van der Waals surface area (Å²) in [4.78, 5) is 37.2. The first-order chi connectivity index (χ1) is 11.8. The second kappa shape index (κ2) is 8.20. The quantitative estimate of drug-likeness (QED) is 0.569. The van der Waals surface area contributed by atoms with Gasteiger partial charge < -0.3 is 9.47 Å². The average molecular weight is 363 g/mol. The standard InChI is InChI=1S/C18H21NO5S/c1-11(2)23-14-7-5-13(6-8-14)9-15-17(21)19(18(22)25-15)10-16(20)24-12(3)4/h5-9,11-12H,10H2,1-4H3/b15-9+. The third kappa shape index (κ3) is 5.35. The maximum Gasteiger partial charge on any atom is 0.326 e. The molecule has 1 aromatic carbocycles. The normalized spacial score (nSPS) is 16.2. The van der Waals surface area contributed by atoms with E-state index in [1.165, 1.54) is 0 Å². The lowest BCUT2D eigenvalue weighted by Gasteiger charge is -2.13. The van der Waals surface area contributed by atoms with E-state index in [4.69, 9.17) is 9.47 Å². The summed E-state index contributed by atoms with van der Waals surface area (Å²) in [5, 5.41) is -0.475. The summed E-state index contributed by atoms with van der Waals surface area (Å²) in [5.41, 5.74) is 0.770. The molecule has 0 unspecified atom stereocenters. The van der Waals surface area contributed by atoms with E-state index in [0.29, 0.717) is 0 Å². The number of esters is 1. The molecule has 0 bridgehead atoms. The first kappa shape index (κ1) is 19.1. The molecule has 0 aromatic heterocycles. The summed E-state index contributed by atoms with van der Waals surface area (Å²) in [5.74, 6) is -0.358. The maximum absolute atomic E-state index is 12.3. The fourth-order valence-electron chi connectivity index (χ4n) is 2.13. The van der Waals surface area contributed by atoms with E-state index in [-0.39, 0.29) is 23.7 Å². The first-order valence-electron chi connectivity index (χ1n) is 7.98. The van der Waals surface area contributed by atoms with Gasteiger partial charge in [0.25, 0.3) is 11.1 Å². The first-order valence-corrected chi connectivity index (χ1v) is 8.79. The SMILES string of the molecule is CC(C)OC(=O)CN1C(=O)S/C(=C/c2ccc(OC(C)C)cc2)C1=O. The van der Waals surface area contributed by atoms with Crippen molar-refractivity contribution in [3.8, 4) is 5.75 Å². The van der Waals surface area contributed by atoms with Crippen LogP contribution in [0.4, 0.5) is 4.79 Å². The Kier molecular flexibility index (Phi) is 6.25. The number of benzene rings is 1. The van der Waals surface area contributed by atoms with E-state index in [2.05, 4.69) is 0 Å². The van der Waals surface area contributed by atoms with Crippen molar-refractivity contribution >= 4 is 35.0 Å². The van der Waals surface area contributed by atoms with E-state index in [9.17, 15) is 14.4 Å². The Bertz CT molecular complexity index is 694. The van der Waals surface area contributed by atoms with Crippen LogP contribution < -0.4 is 4.74 Å². The van der Waals surface area contributed by atoms with Crippen LogP contribution in [-0.4, -0.2) is 40.8 Å². The van der Waals surface area contributed by atoms with Crippen LogP contribution >= 0.6 is 11.8 Å². The van der Waals surface area contributed by atoms with Crippen molar-refractivity contribution < 1.29 is 23.9 Å². The van der Waals surface area contributed by atoms with E-state index in [1.54, 1.807) is 44.2 Å². The van der Waals surface area contributed by atoms with Gasteiger partial charge in [0.2, 0.25) is 0 Å². The van der Waals surface area contributed by atoms with Crippen molar-refractivity contribution in [1.82, 2.24) is 4.90 Å². The van der Waals surface area contributed by atoms with Gasteiger partial charge in [-0.3, -0.25) is 19.3 Å². The second-order valence-corrected chi connectivity index (χ2v) is 7.04. The Labute approximate surface area is 151 Å². The molecule has 1 aliphatic rings. The van der Waals surface area contributed by atoms with Crippen molar-refractivity contribution in [2.24, 2.45) is 0 Å². The van der Waals surface area contributed by atoms with Gasteiger partial charge in [-0.1, -0.05) is 12.1 Å². The molecule has 2 amide bonds. The molecule has 2 rings (SSSR count). The average Bonchev–Trinajstić information content (AvgIpc) is 2.75. The molecule has 1 saturated heterocycles. The fourth-order valence-corrected chi connectivity index (χ4v) is 2.97. The number of hydrogen-bond donors (Lipinski definition) is 0. The van der Waals surface area contributed by atoms with E-state index >= 15 is 0 Å². The summed E-state index contributed by atoms with van der Waals surface area (Å²) in [6, 6.07) is 7.21. The third-order valence-electron chi connectivity index (χ3n) is 3.08. The smallest absolute Gasteiger partial charge is 0.326 e. The highest BCUT2D eigenvalue weighted by molar-refractivity contribution is 8.18. The number of amides is 2. The summed E-state index contributed by atoms with van der Waals surface area (Å²) < 4.78 is 10.5. The molecule has 7 heteroatoms. The zero-order valence-electron chi connectivity index (χ0n) is 14.6. The van der Waals surface area contributed by atoms with Crippen molar-refractivity contribution in [3.63, 3.8) is 0 Å². The Morgan fingerprint density at radius 1 is 1.12 bits per heavy atom. The van der Waals surface area contributed by atoms with Crippen LogP contribution in [0.3, 0.4) is 0 Å². The zero-order chi connectivity index (χ0) is 18.6. The van der Waals surface area contributed by atoms with Crippen LogP contribution in [0.1, 0.15) is 33.3 Å². The molecule has 25 heavy (non-hydrogen) atoms. The maximum atomic E-state index is 12.3. The predicted molar refractivity (Wildman–Crippen MR) is 96.1 cm³/mol. The lowest BCUT2D eigenvalue weighted by molar-refractivity contribution is -0.149. The van der Waals surface area contributed by atoms with Crippen molar-refractivity contribution in [2.45, 2.75) is 39.9 Å². The fraction of sp³-hybridized carbons (Fsp3) is 0.389. The molecule has 0 aliphatic carbocycles. The van der Waals surface area contributed by atoms with Crippen molar-refractivity contribution in [2.75, 3.05) is 6.54 Å². The molecule has 0 saturated carbocycles. The number of imide groups is 1. The lowest BCUT2D eigenvalue weighted by atomic mass is 10.2. The minimum absolute atomic E-state index is 0.0768. The van der Waals surface area contributed by atoms with Gasteiger partial charge in [0.1, 0.15) is 12.3 Å². The minimum Gasteiger partial charge on any atom is -0.491 e. The second-order valence-electron chi connectivity index (χ2n) is 6.04. The lowest BCUT2D eigenvalue weighted by Crippen LogP contribution is -2.35. The van der Waals surface area contributed by atoms with Crippen LogP contribution in [0.5, 0.6) is 5.75 Å². The molecular formula is C18H21NO5S. The Morgan fingerprint density at radius 3 is 2.32 bits per heavy atom. The Balaban J connectivity index is 2.07. The third-order valence-corrected chi connectivity index (χ3v) is 3.98. The summed E-state index contributed by atoms with van der Waals surface area (Å²) >= 11 is 0.812. The van der Waals surface area contributed by atoms with Gasteiger partial charge in [0, 0.05) is 0 Å². The van der Waals surface area contributed by atoms with Crippen LogP contribution in [0.2, 0.25) is 0 Å². The molecule has 134 valence electrons. The highest BCUT2D eigenvalue weighted by Gasteiger charge is 2.36. The van der Waals surface area contributed by atoms with E-state index in [0.717, 1.165) is 28.0 Å². The predicted octanol–water partition coefficient (Wildman–Crippen LogP) is 3.46. The van der Waals surface area contributed by atoms with Crippen molar-refractivity contribution in [1.29, 1.82) is 0 Å². The van der Waals surface area contributed by atoms with Gasteiger partial charge in [-0.15, -0.1) is 0 Å². The zero-order valence-corrected chi connectivity index (χ0v) is 15.5. The topological polar surface area (TPSA) is 72.9 Å². The van der Waals surface area contributed by atoms with E-state index < -0.39 is 17.1 Å². The highest BCUT2D eigenvalue weighted by atomic mass is 32.2. The molecule has 6 nitrogen and oxygen atoms in total. The molecule has 0 atom stereocenters. The molecule has 1 fully saturated rings. The number of hydrogen-bond acceptors (Lipinski definition) is 6. The van der Waals surface area contributed by atoms with Crippen LogP contribution in [0.15, 0.2) is 29.2 Å². The van der Waals surface area contributed by atoms with Gasteiger partial charge in [-0.05, 0) is 63.2 Å². The molecule has 1 aromatic rings. The number of carbonyl (C=O) groups is 3. The largest absolute Gasteiger partial charge is 0.491 e. The summed E-state index contributed by atoms with van der Waals surface area (Å²) in [7, 11) is 0. The number of nitrogens with zero attached hydrogens (tertiary/aromatic N) is 1. The summed E-state index contributed by atoms with van der Waals surface area (Å²) in [6.45, 7) is 6.92. The number of carbonyl (C=O) groups excluding carboxylic acids is 3. The van der Waals surface area contributed by atoms with Gasteiger partial charge in [0.05, 0.1) is 17.1 Å². The molecule has 0 radical (unpaired) electrons. The Morgan fingerprint density at radius 2 is 1.76 bits per heavy atom. The highest BCUT2D eigenvalue weighted by Crippen LogP contribution is 2.32. The van der Waals surface area contributed by atoms with Gasteiger partial charge in [-0.2, -0.15) is 0 Å².